The minimum atomic E-state index is 0. The number of fused-ring (bicyclic) bond motifs is 2. The summed E-state index contributed by atoms with van der Waals surface area (Å²) in [5, 5.41) is 7.02. The maximum absolute atomic E-state index is 6.11. The van der Waals surface area contributed by atoms with Crippen molar-refractivity contribution in [2.24, 2.45) is 10.9 Å². The van der Waals surface area contributed by atoms with Crippen LogP contribution in [0, 0.1) is 5.92 Å². The first-order chi connectivity index (χ1) is 12.8. The van der Waals surface area contributed by atoms with E-state index in [-0.39, 0.29) is 30.1 Å². The van der Waals surface area contributed by atoms with Gasteiger partial charge in [0.15, 0.2) is 5.96 Å². The molecule has 0 amide bonds. The zero-order valence-corrected chi connectivity index (χ0v) is 18.4. The first-order valence-corrected chi connectivity index (χ1v) is 10.2. The van der Waals surface area contributed by atoms with Crippen LogP contribution in [-0.4, -0.2) is 43.9 Å². The highest BCUT2D eigenvalue weighted by Gasteiger charge is 2.41. The van der Waals surface area contributed by atoms with Crippen LogP contribution in [0.4, 0.5) is 0 Å². The minimum absolute atomic E-state index is 0. The van der Waals surface area contributed by atoms with E-state index in [4.69, 9.17) is 14.5 Å². The van der Waals surface area contributed by atoms with Gasteiger partial charge in [0.2, 0.25) is 0 Å². The van der Waals surface area contributed by atoms with E-state index >= 15 is 0 Å². The fraction of sp³-hybridized carbons (Fsp3) is 0.667. The van der Waals surface area contributed by atoms with Crippen LogP contribution in [0.1, 0.15) is 50.7 Å². The molecule has 4 rings (SSSR count). The van der Waals surface area contributed by atoms with Crippen molar-refractivity contribution in [3.8, 4) is 0 Å². The number of nitrogens with zero attached hydrogens (tertiary/aromatic N) is 1. The molecule has 150 valence electrons. The topological polar surface area (TPSA) is 54.9 Å². The maximum atomic E-state index is 6.11. The Bertz CT molecular complexity index is 613. The van der Waals surface area contributed by atoms with Crippen LogP contribution >= 0.6 is 24.0 Å². The fourth-order valence-electron chi connectivity index (χ4n) is 4.54. The normalized spacial score (nSPS) is 32.8. The summed E-state index contributed by atoms with van der Waals surface area (Å²) >= 11 is 0. The number of guanidine groups is 1. The molecular formula is C21H32IN3O2. The molecule has 5 unspecified atom stereocenters. The summed E-state index contributed by atoms with van der Waals surface area (Å²) in [6.07, 6.45) is 6.75. The second kappa shape index (κ2) is 10.1. The average Bonchev–Trinajstić information content (AvgIpc) is 3.30. The van der Waals surface area contributed by atoms with Gasteiger partial charge < -0.3 is 20.1 Å². The van der Waals surface area contributed by atoms with E-state index in [1.54, 1.807) is 0 Å². The van der Waals surface area contributed by atoms with Crippen molar-refractivity contribution in [2.45, 2.75) is 63.4 Å². The Morgan fingerprint density at radius 3 is 2.74 bits per heavy atom. The number of hydrogen-bond donors (Lipinski definition) is 2. The first kappa shape index (κ1) is 20.9. The molecular weight excluding hydrogens is 453 g/mol. The molecule has 0 spiro atoms. The highest BCUT2D eigenvalue weighted by atomic mass is 127. The number of nitrogens with one attached hydrogen (secondary N) is 2. The third kappa shape index (κ3) is 5.15. The molecule has 1 aromatic rings. The second-order valence-electron chi connectivity index (χ2n) is 7.68. The zero-order chi connectivity index (χ0) is 17.8. The Morgan fingerprint density at radius 2 is 2.04 bits per heavy atom. The minimum Gasteiger partial charge on any atom is -0.373 e. The molecule has 27 heavy (non-hydrogen) atoms. The van der Waals surface area contributed by atoms with E-state index < -0.39 is 0 Å². The number of benzene rings is 1. The van der Waals surface area contributed by atoms with E-state index in [9.17, 15) is 0 Å². The van der Waals surface area contributed by atoms with Gasteiger partial charge >= 0.3 is 0 Å². The third-order valence-corrected chi connectivity index (χ3v) is 5.83. The highest BCUT2D eigenvalue weighted by Crippen LogP contribution is 2.35. The predicted octanol–water partition coefficient (Wildman–Crippen LogP) is 3.65. The molecule has 3 aliphatic heterocycles. The smallest absolute Gasteiger partial charge is 0.191 e. The Kier molecular flexibility index (Phi) is 7.78. The molecule has 3 heterocycles. The number of aliphatic imine (C=N–C) groups is 1. The molecule has 3 saturated heterocycles. The summed E-state index contributed by atoms with van der Waals surface area (Å²) in [5.41, 5.74) is 1.27. The van der Waals surface area contributed by atoms with Gasteiger partial charge in [0.05, 0.1) is 24.4 Å². The molecule has 3 aliphatic rings. The first-order valence-electron chi connectivity index (χ1n) is 10.2. The van der Waals surface area contributed by atoms with Gasteiger partial charge in [-0.3, -0.25) is 4.99 Å². The van der Waals surface area contributed by atoms with Gasteiger partial charge in [0.25, 0.3) is 0 Å². The zero-order valence-electron chi connectivity index (χ0n) is 16.1. The molecule has 2 N–H and O–H groups in total. The number of halogens is 1. The molecule has 1 aromatic carbocycles. The van der Waals surface area contributed by atoms with Crippen LogP contribution in [0.25, 0.3) is 0 Å². The van der Waals surface area contributed by atoms with Gasteiger partial charge in [0.1, 0.15) is 0 Å². The predicted molar refractivity (Wildman–Crippen MR) is 119 cm³/mol. The largest absolute Gasteiger partial charge is 0.373 e. The van der Waals surface area contributed by atoms with E-state index in [2.05, 4.69) is 47.9 Å². The van der Waals surface area contributed by atoms with Crippen molar-refractivity contribution in [3.05, 3.63) is 35.9 Å². The Labute approximate surface area is 179 Å². The number of ether oxygens (including phenoxy) is 2. The van der Waals surface area contributed by atoms with Crippen molar-refractivity contribution >= 4 is 29.9 Å². The van der Waals surface area contributed by atoms with Gasteiger partial charge in [-0.2, -0.15) is 0 Å². The van der Waals surface area contributed by atoms with Gasteiger partial charge in [-0.25, -0.2) is 0 Å². The third-order valence-electron chi connectivity index (χ3n) is 5.83. The quantitative estimate of drug-likeness (QED) is 0.380. The molecule has 5 nitrogen and oxygen atoms in total. The van der Waals surface area contributed by atoms with E-state index in [1.807, 2.05) is 0 Å². The maximum Gasteiger partial charge on any atom is 0.191 e. The van der Waals surface area contributed by atoms with E-state index in [0.29, 0.717) is 24.2 Å². The molecule has 0 saturated carbocycles. The molecule has 0 radical (unpaired) electrons. The number of rotatable bonds is 5. The molecule has 2 bridgehead atoms. The Morgan fingerprint density at radius 1 is 1.19 bits per heavy atom. The standard InChI is InChI=1S/C21H31N3O2.HI/c1-2-22-21(24-18-13-17-10-11-19(18)26-17)23-14-16-9-6-12-25-20(16)15-7-4-3-5-8-15;/h3-5,7-8,16-20H,2,6,9-14H2,1H3,(H2,22,23,24);1H. The van der Waals surface area contributed by atoms with Gasteiger partial charge in [-0.05, 0) is 44.6 Å². The molecule has 0 aromatic heterocycles. The lowest BCUT2D eigenvalue weighted by molar-refractivity contribution is -0.0250. The summed E-state index contributed by atoms with van der Waals surface area (Å²) in [4.78, 5) is 4.92. The summed E-state index contributed by atoms with van der Waals surface area (Å²) in [6, 6.07) is 11.0. The van der Waals surface area contributed by atoms with Crippen molar-refractivity contribution < 1.29 is 9.47 Å². The average molecular weight is 485 g/mol. The van der Waals surface area contributed by atoms with Gasteiger partial charge in [0, 0.05) is 25.6 Å². The van der Waals surface area contributed by atoms with Gasteiger partial charge in [-0.15, -0.1) is 24.0 Å². The summed E-state index contributed by atoms with van der Waals surface area (Å²) in [7, 11) is 0. The number of hydrogen-bond acceptors (Lipinski definition) is 3. The fourth-order valence-corrected chi connectivity index (χ4v) is 4.54. The van der Waals surface area contributed by atoms with E-state index in [0.717, 1.165) is 38.5 Å². The second-order valence-corrected chi connectivity index (χ2v) is 7.68. The lowest BCUT2D eigenvalue weighted by Crippen LogP contribution is -2.47. The van der Waals surface area contributed by atoms with Crippen molar-refractivity contribution in [3.63, 3.8) is 0 Å². The van der Waals surface area contributed by atoms with Gasteiger partial charge in [-0.1, -0.05) is 30.3 Å². The summed E-state index contributed by atoms with van der Waals surface area (Å²) in [6.45, 7) is 4.62. The SMILES string of the molecule is CCNC(=NCC1CCCOC1c1ccccc1)NC1CC2CCC1O2.I. The van der Waals surface area contributed by atoms with Crippen LogP contribution < -0.4 is 10.6 Å². The molecule has 5 atom stereocenters. The van der Waals surface area contributed by atoms with Crippen LogP contribution in [-0.2, 0) is 9.47 Å². The molecule has 0 aliphatic carbocycles. The molecule has 6 heteroatoms. The van der Waals surface area contributed by atoms with Crippen LogP contribution in [0.3, 0.4) is 0 Å². The Balaban J connectivity index is 0.00000210. The lowest BCUT2D eigenvalue weighted by atomic mass is 9.89. The summed E-state index contributed by atoms with van der Waals surface area (Å²) in [5.74, 6) is 1.35. The van der Waals surface area contributed by atoms with Crippen LogP contribution in [0.5, 0.6) is 0 Å². The van der Waals surface area contributed by atoms with Crippen molar-refractivity contribution in [2.75, 3.05) is 19.7 Å². The monoisotopic (exact) mass is 485 g/mol. The van der Waals surface area contributed by atoms with E-state index in [1.165, 1.54) is 24.8 Å². The van der Waals surface area contributed by atoms with Crippen LogP contribution in [0.2, 0.25) is 0 Å². The lowest BCUT2D eigenvalue weighted by Gasteiger charge is -2.31. The van der Waals surface area contributed by atoms with Crippen molar-refractivity contribution in [1.29, 1.82) is 0 Å². The summed E-state index contributed by atoms with van der Waals surface area (Å²) < 4.78 is 12.1. The highest BCUT2D eigenvalue weighted by molar-refractivity contribution is 14.0. The molecule has 3 fully saturated rings. The van der Waals surface area contributed by atoms with Crippen LogP contribution in [0.15, 0.2) is 35.3 Å². The van der Waals surface area contributed by atoms with Crippen molar-refractivity contribution in [1.82, 2.24) is 10.6 Å². The Hall–Kier alpha value is -0.860.